The van der Waals surface area contributed by atoms with E-state index in [2.05, 4.69) is 0 Å². The average molecular weight is 245 g/mol. The smallest absolute Gasteiger partial charge is 0.188 e. The van der Waals surface area contributed by atoms with Gasteiger partial charge in [0.05, 0.1) is 0 Å². The molecule has 16 heavy (non-hydrogen) atoms. The fourth-order valence-corrected chi connectivity index (χ4v) is 1.43. The van der Waals surface area contributed by atoms with Gasteiger partial charge in [0, 0.05) is 6.08 Å². The molecule has 0 unspecified atom stereocenters. The van der Waals surface area contributed by atoms with E-state index in [4.69, 9.17) is 16.3 Å². The number of halogens is 2. The normalized spacial score (nSPS) is 11.6. The minimum Gasteiger partial charge on any atom is -0.507 e. The van der Waals surface area contributed by atoms with Gasteiger partial charge in [-0.2, -0.15) is 4.39 Å². The van der Waals surface area contributed by atoms with E-state index in [1.165, 1.54) is 0 Å². The van der Waals surface area contributed by atoms with E-state index in [1.54, 1.807) is 19.1 Å². The van der Waals surface area contributed by atoms with Crippen LogP contribution in [0.25, 0.3) is 0 Å². The summed E-state index contributed by atoms with van der Waals surface area (Å²) in [6.07, 6.45) is 1.85. The first-order valence-electron chi connectivity index (χ1n) is 5.01. The second kappa shape index (κ2) is 5.75. The van der Waals surface area contributed by atoms with Crippen molar-refractivity contribution >= 4 is 11.6 Å². The van der Waals surface area contributed by atoms with Crippen molar-refractivity contribution in [2.45, 2.75) is 20.3 Å². The Balaban J connectivity index is 2.82. The van der Waals surface area contributed by atoms with Crippen LogP contribution in [-0.2, 0) is 6.42 Å². The van der Waals surface area contributed by atoms with Crippen molar-refractivity contribution in [3.05, 3.63) is 34.6 Å². The highest BCUT2D eigenvalue weighted by molar-refractivity contribution is 6.28. The summed E-state index contributed by atoms with van der Waals surface area (Å²) in [6, 6.07) is 3.44. The molecule has 0 aliphatic carbocycles. The average Bonchev–Trinajstić information content (AvgIpc) is 2.22. The zero-order valence-electron chi connectivity index (χ0n) is 9.26. The highest BCUT2D eigenvalue weighted by atomic mass is 35.5. The van der Waals surface area contributed by atoms with Crippen LogP contribution in [0.5, 0.6) is 11.5 Å². The third-order valence-electron chi connectivity index (χ3n) is 2.22. The molecule has 1 rings (SSSR count). The van der Waals surface area contributed by atoms with Crippen LogP contribution in [0.15, 0.2) is 23.5 Å². The summed E-state index contributed by atoms with van der Waals surface area (Å²) in [4.78, 5) is 0. The lowest BCUT2D eigenvalue weighted by molar-refractivity contribution is 0.358. The summed E-state index contributed by atoms with van der Waals surface area (Å²) in [5.74, 6) is 0.884. The highest BCUT2D eigenvalue weighted by Crippen LogP contribution is 2.28. The molecule has 0 aliphatic heterocycles. The summed E-state index contributed by atoms with van der Waals surface area (Å²) < 4.78 is 17.5. The maximum Gasteiger partial charge on any atom is 0.188 e. The fraction of sp³-hybridized carbons (Fsp3) is 0.333. The molecule has 0 atom stereocenters. The molecule has 0 aliphatic rings. The molecule has 88 valence electrons. The molecule has 0 fully saturated rings. The van der Waals surface area contributed by atoms with Gasteiger partial charge in [-0.05, 0) is 36.6 Å². The lowest BCUT2D eigenvalue weighted by Crippen LogP contribution is -1.96. The number of hydrogen-bond acceptors (Lipinski definition) is 2. The van der Waals surface area contributed by atoms with Gasteiger partial charge < -0.3 is 9.84 Å². The van der Waals surface area contributed by atoms with Crippen LogP contribution in [0.1, 0.15) is 18.1 Å². The van der Waals surface area contributed by atoms with Gasteiger partial charge in [0.1, 0.15) is 18.1 Å². The molecule has 0 heterocycles. The Morgan fingerprint density at radius 2 is 2.25 bits per heavy atom. The van der Waals surface area contributed by atoms with E-state index in [0.717, 1.165) is 17.2 Å². The largest absolute Gasteiger partial charge is 0.507 e. The number of phenols is 1. The van der Waals surface area contributed by atoms with E-state index in [9.17, 15) is 9.50 Å². The molecule has 1 aromatic carbocycles. The summed E-state index contributed by atoms with van der Waals surface area (Å²) in [6.45, 7) is 3.80. The Labute approximate surface area is 99.3 Å². The molecule has 0 saturated carbocycles. The van der Waals surface area contributed by atoms with Crippen LogP contribution in [0.4, 0.5) is 4.39 Å². The fourth-order valence-electron chi connectivity index (χ4n) is 1.37. The van der Waals surface area contributed by atoms with Crippen LogP contribution in [0.3, 0.4) is 0 Å². The Morgan fingerprint density at radius 1 is 1.56 bits per heavy atom. The summed E-state index contributed by atoms with van der Waals surface area (Å²) in [7, 11) is 0. The lowest BCUT2D eigenvalue weighted by atomic mass is 10.1. The quantitative estimate of drug-likeness (QED) is 0.875. The highest BCUT2D eigenvalue weighted by Gasteiger charge is 2.05. The van der Waals surface area contributed by atoms with Crippen molar-refractivity contribution in [3.63, 3.8) is 0 Å². The van der Waals surface area contributed by atoms with E-state index in [1.807, 2.05) is 6.92 Å². The van der Waals surface area contributed by atoms with Gasteiger partial charge in [0.25, 0.3) is 0 Å². The maximum atomic E-state index is 12.2. The van der Waals surface area contributed by atoms with Gasteiger partial charge in [-0.25, -0.2) is 0 Å². The number of phenolic OH excluding ortho intramolecular Hbond substituents is 1. The van der Waals surface area contributed by atoms with Crippen molar-refractivity contribution in [1.29, 1.82) is 0 Å². The van der Waals surface area contributed by atoms with Crippen molar-refractivity contribution in [2.24, 2.45) is 0 Å². The SMILES string of the molecule is CCc1cc(OCC=C(F)Cl)cc(C)c1O. The van der Waals surface area contributed by atoms with E-state index >= 15 is 0 Å². The molecule has 0 aromatic heterocycles. The first-order chi connectivity index (χ1) is 7.54. The topological polar surface area (TPSA) is 29.5 Å². The number of aromatic hydroxyl groups is 1. The third kappa shape index (κ3) is 3.42. The van der Waals surface area contributed by atoms with Gasteiger partial charge in [-0.1, -0.05) is 18.5 Å². The van der Waals surface area contributed by atoms with Crippen LogP contribution in [0, 0.1) is 6.92 Å². The Bertz CT molecular complexity index is 398. The molecular formula is C12H14ClFO2. The number of benzene rings is 1. The monoisotopic (exact) mass is 244 g/mol. The van der Waals surface area contributed by atoms with Gasteiger partial charge in [-0.15, -0.1) is 0 Å². The van der Waals surface area contributed by atoms with Crippen molar-refractivity contribution < 1.29 is 14.2 Å². The Morgan fingerprint density at radius 3 is 2.81 bits per heavy atom. The minimum atomic E-state index is -0.786. The predicted molar refractivity (Wildman–Crippen MR) is 62.8 cm³/mol. The maximum absolute atomic E-state index is 12.2. The number of hydrogen-bond donors (Lipinski definition) is 1. The van der Waals surface area contributed by atoms with Crippen LogP contribution in [-0.4, -0.2) is 11.7 Å². The van der Waals surface area contributed by atoms with Crippen LogP contribution >= 0.6 is 11.6 Å². The Hall–Kier alpha value is -1.22. The Kier molecular flexibility index (Phi) is 4.62. The van der Waals surface area contributed by atoms with E-state index in [-0.39, 0.29) is 12.4 Å². The first kappa shape index (κ1) is 12.8. The molecule has 0 amide bonds. The van der Waals surface area contributed by atoms with Crippen molar-refractivity contribution in [3.8, 4) is 11.5 Å². The molecule has 0 bridgehead atoms. The molecule has 4 heteroatoms. The molecular weight excluding hydrogens is 231 g/mol. The molecule has 1 N–H and O–H groups in total. The van der Waals surface area contributed by atoms with Crippen LogP contribution < -0.4 is 4.74 Å². The zero-order chi connectivity index (χ0) is 12.1. The summed E-state index contributed by atoms with van der Waals surface area (Å²) in [5, 5.41) is 8.90. The number of ether oxygens (including phenoxy) is 1. The van der Waals surface area contributed by atoms with E-state index < -0.39 is 5.29 Å². The number of rotatable bonds is 4. The second-order valence-corrected chi connectivity index (χ2v) is 3.77. The first-order valence-corrected chi connectivity index (χ1v) is 5.38. The number of aryl methyl sites for hydroxylation is 2. The molecule has 2 nitrogen and oxygen atoms in total. The van der Waals surface area contributed by atoms with Gasteiger partial charge in [0.2, 0.25) is 0 Å². The van der Waals surface area contributed by atoms with Crippen molar-refractivity contribution in [2.75, 3.05) is 6.61 Å². The summed E-state index contributed by atoms with van der Waals surface area (Å²) in [5.41, 5.74) is 1.55. The predicted octanol–water partition coefficient (Wildman–Crippen LogP) is 3.69. The van der Waals surface area contributed by atoms with Gasteiger partial charge in [-0.3, -0.25) is 0 Å². The van der Waals surface area contributed by atoms with Crippen LogP contribution in [0.2, 0.25) is 0 Å². The lowest BCUT2D eigenvalue weighted by Gasteiger charge is -2.09. The molecule has 1 aromatic rings. The molecule has 0 spiro atoms. The minimum absolute atomic E-state index is 0.0721. The zero-order valence-corrected chi connectivity index (χ0v) is 10.0. The summed E-state index contributed by atoms with van der Waals surface area (Å²) >= 11 is 5.03. The third-order valence-corrected chi connectivity index (χ3v) is 2.38. The van der Waals surface area contributed by atoms with E-state index in [0.29, 0.717) is 12.2 Å². The standard InChI is InChI=1S/C12H14ClFO2/c1-3-9-7-10(6-8(2)12(9)15)16-5-4-11(13)14/h4,6-7,15H,3,5H2,1-2H3. The van der Waals surface area contributed by atoms with Gasteiger partial charge in [0.15, 0.2) is 5.29 Å². The molecule has 0 radical (unpaired) electrons. The van der Waals surface area contributed by atoms with Crippen molar-refractivity contribution in [1.82, 2.24) is 0 Å². The second-order valence-electron chi connectivity index (χ2n) is 3.41. The molecule has 0 saturated heterocycles. The van der Waals surface area contributed by atoms with Gasteiger partial charge >= 0.3 is 0 Å².